The third-order valence-electron chi connectivity index (χ3n) is 6.63. The normalized spacial score (nSPS) is 12.3. The van der Waals surface area contributed by atoms with Gasteiger partial charge in [-0.25, -0.2) is 4.98 Å². The Morgan fingerprint density at radius 3 is 2.59 bits per heavy atom. The number of carbonyl (C=O) groups is 1. The van der Waals surface area contributed by atoms with Gasteiger partial charge in [-0.05, 0) is 31.5 Å². The lowest BCUT2D eigenvalue weighted by molar-refractivity contribution is -0.118. The number of benzene rings is 3. The summed E-state index contributed by atoms with van der Waals surface area (Å²) >= 11 is 1.47. The van der Waals surface area contributed by atoms with Crippen molar-refractivity contribution in [2.45, 2.75) is 19.9 Å². The fourth-order valence-corrected chi connectivity index (χ4v) is 5.73. The third kappa shape index (κ3) is 3.77. The number of nitrogens with zero attached hydrogens (tertiary/aromatic N) is 2. The number of para-hydroxylation sites is 1. The van der Waals surface area contributed by atoms with Crippen LogP contribution in [-0.4, -0.2) is 22.6 Å². The molecule has 0 fully saturated rings. The molecule has 3 aromatic carbocycles. The van der Waals surface area contributed by atoms with Gasteiger partial charge in [0.15, 0.2) is 0 Å². The molecule has 1 amide bonds. The van der Waals surface area contributed by atoms with Crippen LogP contribution >= 0.6 is 11.3 Å². The van der Waals surface area contributed by atoms with Crippen molar-refractivity contribution in [3.63, 3.8) is 0 Å². The number of methoxy groups -OCH3 is 1. The van der Waals surface area contributed by atoms with E-state index in [1.807, 2.05) is 67.6 Å². The van der Waals surface area contributed by atoms with Gasteiger partial charge in [-0.3, -0.25) is 14.2 Å². The minimum Gasteiger partial charge on any atom is -0.495 e. The van der Waals surface area contributed by atoms with Gasteiger partial charge in [0.05, 0.1) is 24.5 Å². The molecule has 6 aromatic rings. The molecule has 0 aliphatic carbocycles. The van der Waals surface area contributed by atoms with Gasteiger partial charge in [0, 0.05) is 27.3 Å². The number of aryl methyl sites for hydroxylation is 1. The fourth-order valence-electron chi connectivity index (χ4n) is 4.73. The predicted octanol–water partition coefficient (Wildman–Crippen LogP) is 6.54. The number of nitrogens with one attached hydrogen (secondary N) is 1. The van der Waals surface area contributed by atoms with Gasteiger partial charge in [0.2, 0.25) is 5.91 Å². The van der Waals surface area contributed by atoms with Crippen LogP contribution < -0.4 is 15.6 Å². The monoisotopic (exact) mass is 509 g/mol. The van der Waals surface area contributed by atoms with E-state index in [2.05, 4.69) is 10.3 Å². The van der Waals surface area contributed by atoms with E-state index in [1.165, 1.54) is 22.2 Å². The Bertz CT molecular complexity index is 1870. The van der Waals surface area contributed by atoms with Crippen LogP contribution in [0.15, 0.2) is 82.3 Å². The Hall–Kier alpha value is -4.43. The third-order valence-corrected chi connectivity index (χ3v) is 7.64. The molecule has 0 saturated heterocycles. The molecule has 8 heteroatoms. The number of hydrogen-bond donors (Lipinski definition) is 1. The van der Waals surface area contributed by atoms with Gasteiger partial charge >= 0.3 is 0 Å². The predicted molar refractivity (Wildman–Crippen MR) is 148 cm³/mol. The largest absolute Gasteiger partial charge is 0.495 e. The number of amides is 1. The Balaban J connectivity index is 1.38. The Morgan fingerprint density at radius 2 is 1.81 bits per heavy atom. The second-order valence-corrected chi connectivity index (χ2v) is 10.1. The molecule has 0 saturated carbocycles. The first-order valence-electron chi connectivity index (χ1n) is 11.8. The van der Waals surface area contributed by atoms with Crippen molar-refractivity contribution in [2.24, 2.45) is 0 Å². The summed E-state index contributed by atoms with van der Waals surface area (Å²) in [6.45, 7) is 3.66. The molecule has 6 rings (SSSR count). The first-order valence-corrected chi connectivity index (χ1v) is 12.6. The Kier molecular flexibility index (Phi) is 5.53. The van der Waals surface area contributed by atoms with E-state index in [1.54, 1.807) is 20.1 Å². The van der Waals surface area contributed by atoms with Crippen LogP contribution in [0, 0.1) is 6.92 Å². The van der Waals surface area contributed by atoms with Gasteiger partial charge in [0.25, 0.3) is 5.56 Å². The quantitative estimate of drug-likeness (QED) is 0.285. The first kappa shape index (κ1) is 23.0. The minimum absolute atomic E-state index is 0.254. The summed E-state index contributed by atoms with van der Waals surface area (Å²) in [5.74, 6) is 0.130. The van der Waals surface area contributed by atoms with Crippen LogP contribution in [-0.2, 0) is 4.79 Å². The number of carbonyl (C=O) groups excluding carboxylic acids is 1. The zero-order valence-corrected chi connectivity index (χ0v) is 21.3. The molecule has 0 radical (unpaired) electrons. The maximum atomic E-state index is 13.6. The summed E-state index contributed by atoms with van der Waals surface area (Å²) in [7, 11) is 1.55. The summed E-state index contributed by atoms with van der Waals surface area (Å²) in [4.78, 5) is 33.2. The second-order valence-electron chi connectivity index (χ2n) is 8.85. The van der Waals surface area contributed by atoms with Gasteiger partial charge in [-0.2, -0.15) is 0 Å². The molecule has 1 unspecified atom stereocenters. The lowest BCUT2D eigenvalue weighted by Crippen LogP contribution is -2.31. The topological polar surface area (TPSA) is 86.4 Å². The summed E-state index contributed by atoms with van der Waals surface area (Å²) < 4.78 is 12.9. The molecule has 0 aliphatic rings. The smallest absolute Gasteiger partial charge is 0.263 e. The molecule has 1 atom stereocenters. The van der Waals surface area contributed by atoms with Crippen LogP contribution in [0.5, 0.6) is 5.75 Å². The number of ether oxygens (including phenoxy) is 1. The first-order chi connectivity index (χ1) is 18.0. The molecule has 0 spiro atoms. The summed E-state index contributed by atoms with van der Waals surface area (Å²) in [6, 6.07) is 20.3. The van der Waals surface area contributed by atoms with E-state index in [9.17, 15) is 9.59 Å². The van der Waals surface area contributed by atoms with Crippen LogP contribution in [0.3, 0.4) is 0 Å². The highest BCUT2D eigenvalue weighted by Crippen LogP contribution is 2.37. The maximum Gasteiger partial charge on any atom is 0.263 e. The molecule has 0 aliphatic heterocycles. The number of hydrogen-bond acceptors (Lipinski definition) is 6. The minimum atomic E-state index is -0.815. The lowest BCUT2D eigenvalue weighted by atomic mass is 10.0. The highest BCUT2D eigenvalue weighted by molar-refractivity contribution is 7.19. The van der Waals surface area contributed by atoms with Gasteiger partial charge in [-0.1, -0.05) is 48.5 Å². The zero-order valence-electron chi connectivity index (χ0n) is 20.4. The van der Waals surface area contributed by atoms with E-state index < -0.39 is 6.04 Å². The molecule has 7 nitrogen and oxygen atoms in total. The van der Waals surface area contributed by atoms with Crippen molar-refractivity contribution < 1.29 is 13.9 Å². The van der Waals surface area contributed by atoms with Crippen molar-refractivity contribution in [1.82, 2.24) is 9.55 Å². The van der Waals surface area contributed by atoms with E-state index >= 15 is 0 Å². The van der Waals surface area contributed by atoms with E-state index in [0.717, 1.165) is 32.4 Å². The average molecular weight is 510 g/mol. The Morgan fingerprint density at radius 1 is 1.05 bits per heavy atom. The van der Waals surface area contributed by atoms with Gasteiger partial charge in [-0.15, -0.1) is 11.3 Å². The lowest BCUT2D eigenvalue weighted by Gasteiger charge is -2.16. The summed E-state index contributed by atoms with van der Waals surface area (Å²) in [5.41, 5.74) is 3.40. The van der Waals surface area contributed by atoms with Crippen LogP contribution in [0.2, 0.25) is 0 Å². The maximum absolute atomic E-state index is 13.6. The number of aromatic nitrogens is 2. The zero-order chi connectivity index (χ0) is 25.7. The molecule has 3 heterocycles. The van der Waals surface area contributed by atoms with Crippen LogP contribution in [0.1, 0.15) is 17.8 Å². The van der Waals surface area contributed by atoms with Crippen molar-refractivity contribution in [2.75, 3.05) is 12.4 Å². The number of thiophene rings is 1. The fraction of sp³-hybridized carbons (Fsp3) is 0.138. The average Bonchev–Trinajstić information content (AvgIpc) is 3.45. The molecular weight excluding hydrogens is 486 g/mol. The molecule has 3 aromatic heterocycles. The summed E-state index contributed by atoms with van der Waals surface area (Å²) in [5, 5.41) is 5.30. The van der Waals surface area contributed by atoms with Crippen LogP contribution in [0.4, 0.5) is 5.69 Å². The van der Waals surface area contributed by atoms with Gasteiger partial charge < -0.3 is 14.5 Å². The number of fused-ring (bicyclic) bond motifs is 4. The number of rotatable bonds is 5. The SMILES string of the molecule is COc1cc2c(cc1NC(=O)C(C)n1cnc3sc(C)c(-c4ccccc4)c3c1=O)oc1ccccc12. The second kappa shape index (κ2) is 8.90. The standard InChI is InChI=1S/C29H23N3O4S/c1-16(32-15-30-28-26(29(32)34)25(17(2)37-28)18-9-5-4-6-10-18)27(33)31-21-14-23-20(13-24(21)35-3)19-11-7-8-12-22(19)36-23/h4-16H,1-3H3,(H,31,33). The molecule has 184 valence electrons. The highest BCUT2D eigenvalue weighted by Gasteiger charge is 2.23. The van der Waals surface area contributed by atoms with E-state index in [4.69, 9.17) is 9.15 Å². The van der Waals surface area contributed by atoms with Gasteiger partial charge in [0.1, 0.15) is 27.8 Å². The molecule has 37 heavy (non-hydrogen) atoms. The van der Waals surface area contributed by atoms with Crippen molar-refractivity contribution in [3.05, 3.63) is 88.3 Å². The van der Waals surface area contributed by atoms with Crippen molar-refractivity contribution in [3.8, 4) is 16.9 Å². The molecular formula is C29H23N3O4S. The Labute approximate surface area is 215 Å². The number of anilines is 1. The number of furan rings is 1. The van der Waals surface area contributed by atoms with Crippen molar-refractivity contribution >= 4 is 55.1 Å². The van der Waals surface area contributed by atoms with Crippen molar-refractivity contribution in [1.29, 1.82) is 0 Å². The van der Waals surface area contributed by atoms with E-state index in [-0.39, 0.29) is 11.5 Å². The molecule has 0 bridgehead atoms. The summed E-state index contributed by atoms with van der Waals surface area (Å²) in [6.07, 6.45) is 1.44. The van der Waals surface area contributed by atoms with Crippen LogP contribution in [0.25, 0.3) is 43.3 Å². The molecule has 1 N–H and O–H groups in total. The highest BCUT2D eigenvalue weighted by atomic mass is 32.1. The van der Waals surface area contributed by atoms with E-state index in [0.29, 0.717) is 27.2 Å².